The van der Waals surface area contributed by atoms with Crippen molar-refractivity contribution >= 4 is 40.1 Å². The maximum Gasteiger partial charge on any atom is 0.206 e. The number of rotatable bonds is 4. The minimum atomic E-state index is 0.741. The van der Waals surface area contributed by atoms with Gasteiger partial charge in [0.2, 0.25) is 4.80 Å². The van der Waals surface area contributed by atoms with Crippen LogP contribution in [0.25, 0.3) is 11.3 Å². The molecule has 1 heterocycles. The molecule has 3 rings (SSSR count). The maximum absolute atomic E-state index is 4.75. The maximum atomic E-state index is 4.75. The lowest BCUT2D eigenvalue weighted by molar-refractivity contribution is 0.833. The number of hydrogen-bond acceptors (Lipinski definition) is 3. The van der Waals surface area contributed by atoms with Crippen molar-refractivity contribution in [3.8, 4) is 11.3 Å². The molecule has 0 fully saturated rings. The SMILES string of the molecule is CCN=c1scc(-c2ccc(C)c(C)c2)n1N=Cc1ccccc1I. The Labute approximate surface area is 165 Å². The highest BCUT2D eigenvalue weighted by Crippen LogP contribution is 2.23. The lowest BCUT2D eigenvalue weighted by atomic mass is 10.1. The molecule has 3 nitrogen and oxygen atoms in total. The number of aromatic nitrogens is 1. The predicted octanol–water partition coefficient (Wildman–Crippen LogP) is 5.24. The smallest absolute Gasteiger partial charge is 0.206 e. The average molecular weight is 461 g/mol. The summed E-state index contributed by atoms with van der Waals surface area (Å²) in [7, 11) is 0. The van der Waals surface area contributed by atoms with Gasteiger partial charge < -0.3 is 0 Å². The van der Waals surface area contributed by atoms with E-state index in [0.29, 0.717) is 0 Å². The van der Waals surface area contributed by atoms with Crippen LogP contribution in [0.3, 0.4) is 0 Å². The molecule has 0 spiro atoms. The van der Waals surface area contributed by atoms with Crippen molar-refractivity contribution in [2.75, 3.05) is 6.54 Å². The number of aryl methyl sites for hydroxylation is 2. The van der Waals surface area contributed by atoms with Crippen molar-refractivity contribution in [3.63, 3.8) is 0 Å². The molecule has 0 aliphatic carbocycles. The summed E-state index contributed by atoms with van der Waals surface area (Å²) in [6.45, 7) is 7.06. The van der Waals surface area contributed by atoms with Gasteiger partial charge in [0, 0.05) is 26.6 Å². The Morgan fingerprint density at radius 3 is 2.64 bits per heavy atom. The highest BCUT2D eigenvalue weighted by atomic mass is 127. The van der Waals surface area contributed by atoms with E-state index in [-0.39, 0.29) is 0 Å². The molecule has 0 N–H and O–H groups in total. The first kappa shape index (κ1) is 18.1. The number of hydrogen-bond donors (Lipinski definition) is 0. The van der Waals surface area contributed by atoms with E-state index in [0.717, 1.165) is 28.2 Å². The van der Waals surface area contributed by atoms with Crippen LogP contribution in [0.1, 0.15) is 23.6 Å². The van der Waals surface area contributed by atoms with E-state index in [9.17, 15) is 0 Å². The van der Waals surface area contributed by atoms with Gasteiger partial charge in [-0.05, 0) is 66.6 Å². The van der Waals surface area contributed by atoms with E-state index in [2.05, 4.69) is 77.1 Å². The van der Waals surface area contributed by atoms with Gasteiger partial charge in [-0.2, -0.15) is 5.10 Å². The summed E-state index contributed by atoms with van der Waals surface area (Å²) in [5.41, 5.74) is 5.92. The molecular weight excluding hydrogens is 441 g/mol. The number of halogens is 1. The summed E-state index contributed by atoms with van der Waals surface area (Å²) in [5.74, 6) is 0. The Hall–Kier alpha value is -1.73. The highest BCUT2D eigenvalue weighted by molar-refractivity contribution is 14.1. The molecule has 5 heteroatoms. The third-order valence-electron chi connectivity index (χ3n) is 4.00. The first-order valence-electron chi connectivity index (χ1n) is 8.17. The van der Waals surface area contributed by atoms with E-state index in [4.69, 9.17) is 5.10 Å². The molecule has 0 bridgehead atoms. The van der Waals surface area contributed by atoms with Crippen LogP contribution in [0.4, 0.5) is 0 Å². The second-order valence-electron chi connectivity index (χ2n) is 5.75. The van der Waals surface area contributed by atoms with Gasteiger partial charge in [-0.15, -0.1) is 11.3 Å². The Bertz CT molecular complexity index is 983. The monoisotopic (exact) mass is 461 g/mol. The van der Waals surface area contributed by atoms with Crippen LogP contribution in [0, 0.1) is 17.4 Å². The molecule has 2 aromatic carbocycles. The quantitative estimate of drug-likeness (QED) is 0.376. The molecule has 0 radical (unpaired) electrons. The van der Waals surface area contributed by atoms with Crippen molar-refractivity contribution in [1.82, 2.24) is 4.68 Å². The van der Waals surface area contributed by atoms with Crippen LogP contribution in [0.5, 0.6) is 0 Å². The Balaban J connectivity index is 2.11. The molecule has 0 aliphatic heterocycles. The van der Waals surface area contributed by atoms with Crippen LogP contribution in [0.15, 0.2) is 57.9 Å². The van der Waals surface area contributed by atoms with Crippen LogP contribution in [0.2, 0.25) is 0 Å². The second-order valence-corrected chi connectivity index (χ2v) is 7.75. The average Bonchev–Trinajstić information content (AvgIpc) is 3.00. The van der Waals surface area contributed by atoms with Crippen LogP contribution in [-0.4, -0.2) is 17.4 Å². The van der Waals surface area contributed by atoms with Gasteiger partial charge in [0.1, 0.15) is 0 Å². The number of thiazole rings is 1. The molecule has 0 unspecified atom stereocenters. The van der Waals surface area contributed by atoms with Gasteiger partial charge in [-0.25, -0.2) is 4.68 Å². The first-order chi connectivity index (χ1) is 12.1. The standard InChI is InChI=1S/C20H20IN3S/c1-4-22-20-24(23-12-17-7-5-6-8-18(17)21)19(13-25-20)16-10-9-14(2)15(3)11-16/h5-13H,4H2,1-3H3. The fourth-order valence-corrected chi connectivity index (χ4v) is 3.88. The summed E-state index contributed by atoms with van der Waals surface area (Å²) in [6, 6.07) is 14.8. The van der Waals surface area contributed by atoms with Crippen molar-refractivity contribution in [2.45, 2.75) is 20.8 Å². The summed E-state index contributed by atoms with van der Waals surface area (Å²) >= 11 is 3.96. The van der Waals surface area contributed by atoms with E-state index >= 15 is 0 Å². The van der Waals surface area contributed by atoms with Crippen molar-refractivity contribution < 1.29 is 0 Å². The van der Waals surface area contributed by atoms with Crippen LogP contribution in [-0.2, 0) is 0 Å². The summed E-state index contributed by atoms with van der Waals surface area (Å²) in [6.07, 6.45) is 1.91. The van der Waals surface area contributed by atoms with Gasteiger partial charge in [-0.3, -0.25) is 4.99 Å². The summed E-state index contributed by atoms with van der Waals surface area (Å²) < 4.78 is 3.13. The Morgan fingerprint density at radius 1 is 1.12 bits per heavy atom. The largest absolute Gasteiger partial charge is 0.258 e. The minimum Gasteiger partial charge on any atom is -0.258 e. The first-order valence-corrected chi connectivity index (χ1v) is 10.1. The third kappa shape index (κ3) is 4.10. The van der Waals surface area contributed by atoms with E-state index in [1.165, 1.54) is 14.7 Å². The van der Waals surface area contributed by atoms with Gasteiger partial charge in [0.25, 0.3) is 0 Å². The van der Waals surface area contributed by atoms with Gasteiger partial charge in [-0.1, -0.05) is 30.3 Å². The lowest BCUT2D eigenvalue weighted by Gasteiger charge is -2.07. The highest BCUT2D eigenvalue weighted by Gasteiger charge is 2.08. The van der Waals surface area contributed by atoms with E-state index in [1.54, 1.807) is 11.3 Å². The predicted molar refractivity (Wildman–Crippen MR) is 115 cm³/mol. The molecular formula is C20H20IN3S. The summed E-state index contributed by atoms with van der Waals surface area (Å²) in [5, 5.41) is 6.88. The topological polar surface area (TPSA) is 29.6 Å². The molecule has 0 saturated heterocycles. The minimum absolute atomic E-state index is 0.741. The van der Waals surface area contributed by atoms with Crippen LogP contribution >= 0.6 is 33.9 Å². The third-order valence-corrected chi connectivity index (χ3v) is 5.84. The fourth-order valence-electron chi connectivity index (χ4n) is 2.45. The molecule has 128 valence electrons. The zero-order valence-electron chi connectivity index (χ0n) is 14.5. The molecule has 1 aromatic heterocycles. The molecule has 25 heavy (non-hydrogen) atoms. The van der Waals surface area contributed by atoms with E-state index < -0.39 is 0 Å². The Kier molecular flexibility index (Phi) is 5.86. The normalized spacial score (nSPS) is 12.2. The molecule has 0 atom stereocenters. The second kappa shape index (κ2) is 8.10. The summed E-state index contributed by atoms with van der Waals surface area (Å²) in [4.78, 5) is 5.51. The van der Waals surface area contributed by atoms with Crippen molar-refractivity contribution in [2.24, 2.45) is 10.1 Å². The number of benzene rings is 2. The zero-order valence-corrected chi connectivity index (χ0v) is 17.5. The van der Waals surface area contributed by atoms with Gasteiger partial charge in [0.05, 0.1) is 11.9 Å². The van der Waals surface area contributed by atoms with Crippen molar-refractivity contribution in [3.05, 3.63) is 72.9 Å². The van der Waals surface area contributed by atoms with Gasteiger partial charge >= 0.3 is 0 Å². The zero-order chi connectivity index (χ0) is 17.8. The lowest BCUT2D eigenvalue weighted by Crippen LogP contribution is -2.12. The van der Waals surface area contributed by atoms with Gasteiger partial charge in [0.15, 0.2) is 0 Å². The number of nitrogens with zero attached hydrogens (tertiary/aromatic N) is 3. The van der Waals surface area contributed by atoms with E-state index in [1.807, 2.05) is 29.9 Å². The fraction of sp³-hybridized carbons (Fsp3) is 0.200. The molecule has 0 aliphatic rings. The molecule has 3 aromatic rings. The van der Waals surface area contributed by atoms with Crippen molar-refractivity contribution in [1.29, 1.82) is 0 Å². The Morgan fingerprint density at radius 2 is 1.92 bits per heavy atom. The molecule has 0 saturated carbocycles. The molecule has 0 amide bonds. The van der Waals surface area contributed by atoms with Crippen LogP contribution < -0.4 is 4.80 Å².